The molecule has 3 aromatic rings. The average molecular weight is 564 g/mol. The number of anilines is 3. The van der Waals surface area contributed by atoms with E-state index in [1.807, 2.05) is 11.8 Å². The summed E-state index contributed by atoms with van der Waals surface area (Å²) < 4.78 is 0. The number of hydrogen-bond donors (Lipinski definition) is 0. The summed E-state index contributed by atoms with van der Waals surface area (Å²) in [5.74, 6) is 1.75. The van der Waals surface area contributed by atoms with E-state index < -0.39 is 0 Å². The minimum Gasteiger partial charge on any atom is -0.366 e. The third-order valence-corrected chi connectivity index (χ3v) is 8.87. The van der Waals surface area contributed by atoms with Gasteiger partial charge in [-0.1, -0.05) is 49.9 Å². The zero-order chi connectivity index (χ0) is 29.2. The Hall–Kier alpha value is -4.58. The van der Waals surface area contributed by atoms with Crippen LogP contribution in [0.1, 0.15) is 30.0 Å². The summed E-state index contributed by atoms with van der Waals surface area (Å²) in [4.78, 5) is 40.4. The van der Waals surface area contributed by atoms with Crippen LogP contribution < -0.4 is 14.7 Å². The molecule has 2 saturated heterocycles. The Bertz CT molecular complexity index is 1560. The van der Waals surface area contributed by atoms with Crippen molar-refractivity contribution in [3.05, 3.63) is 71.8 Å². The molecule has 6 rings (SSSR count). The number of benzene rings is 2. The summed E-state index contributed by atoms with van der Waals surface area (Å²) in [6.07, 6.45) is 2.65. The molecule has 0 unspecified atom stereocenters. The van der Waals surface area contributed by atoms with Crippen molar-refractivity contribution in [3.8, 4) is 6.07 Å². The van der Waals surface area contributed by atoms with Crippen molar-refractivity contribution in [2.75, 3.05) is 73.6 Å². The topological polar surface area (TPSA) is 87.0 Å². The Morgan fingerprint density at radius 3 is 2.21 bits per heavy atom. The van der Waals surface area contributed by atoms with Gasteiger partial charge in [0.15, 0.2) is 0 Å². The Balaban J connectivity index is 1.39. The molecule has 0 aliphatic carbocycles. The van der Waals surface area contributed by atoms with Gasteiger partial charge >= 0.3 is 0 Å². The van der Waals surface area contributed by atoms with Gasteiger partial charge in [-0.2, -0.15) is 5.26 Å². The summed E-state index contributed by atoms with van der Waals surface area (Å²) in [7, 11) is 0. The normalized spacial score (nSPS) is 17.2. The van der Waals surface area contributed by atoms with E-state index in [0.29, 0.717) is 76.7 Å². The predicted molar refractivity (Wildman–Crippen MR) is 166 cm³/mol. The molecule has 0 spiro atoms. The molecule has 4 heterocycles. The summed E-state index contributed by atoms with van der Waals surface area (Å²) in [5, 5.41) is 13.0. The molecule has 216 valence electrons. The van der Waals surface area contributed by atoms with E-state index in [9.17, 15) is 14.9 Å². The molecule has 42 heavy (non-hydrogen) atoms. The molecule has 9 heteroatoms. The van der Waals surface area contributed by atoms with Gasteiger partial charge in [0.25, 0.3) is 0 Å². The van der Waals surface area contributed by atoms with Crippen molar-refractivity contribution in [3.63, 3.8) is 0 Å². The average Bonchev–Trinajstić information content (AvgIpc) is 3.06. The van der Waals surface area contributed by atoms with Crippen LogP contribution in [0.2, 0.25) is 0 Å². The van der Waals surface area contributed by atoms with Gasteiger partial charge in [-0.15, -0.1) is 0 Å². The fraction of sp³-hybridized carbons (Fsp3) is 0.394. The zero-order valence-corrected chi connectivity index (χ0v) is 24.3. The maximum atomic E-state index is 12.4. The number of fused-ring (bicyclic) bond motifs is 2. The lowest BCUT2D eigenvalue weighted by atomic mass is 9.94. The van der Waals surface area contributed by atoms with Crippen LogP contribution in [0.4, 0.5) is 17.3 Å². The van der Waals surface area contributed by atoms with Crippen molar-refractivity contribution in [2.45, 2.75) is 26.3 Å². The SMILES string of the molecule is C=CC(=O)N1CCN(c2nc(N3CCN(C(=O)CC)CC3)c3c(c2C#N)CN(c2cccc4ccccc24)CC3)CC1. The van der Waals surface area contributed by atoms with Gasteiger partial charge in [-0.25, -0.2) is 4.98 Å². The molecule has 9 nitrogen and oxygen atoms in total. The number of nitriles is 1. The van der Waals surface area contributed by atoms with Crippen LogP contribution >= 0.6 is 0 Å². The number of amides is 2. The molecule has 3 aliphatic rings. The molecule has 0 saturated carbocycles. The molecular weight excluding hydrogens is 526 g/mol. The number of hydrogen-bond acceptors (Lipinski definition) is 7. The summed E-state index contributed by atoms with van der Waals surface area (Å²) in [6, 6.07) is 17.4. The standard InChI is InChI=1S/C33H37N7O2/c1-3-30(41)36-14-18-38(19-15-36)32-26-12-13-40(29-11-7-9-24-8-5-6-10-25(24)29)23-28(26)27(22-34)33(35-32)39-20-16-37(17-21-39)31(42)4-2/h4-11H,2-3,12-21,23H2,1H3. The quantitative estimate of drug-likeness (QED) is 0.439. The summed E-state index contributed by atoms with van der Waals surface area (Å²) in [5.41, 5.74) is 3.98. The lowest BCUT2D eigenvalue weighted by Gasteiger charge is -2.41. The van der Waals surface area contributed by atoms with Crippen molar-refractivity contribution in [1.29, 1.82) is 5.26 Å². The molecule has 2 fully saturated rings. The smallest absolute Gasteiger partial charge is 0.246 e. The highest BCUT2D eigenvalue weighted by Gasteiger charge is 2.33. The molecule has 1 aromatic heterocycles. The van der Waals surface area contributed by atoms with E-state index in [1.165, 1.54) is 22.5 Å². The van der Waals surface area contributed by atoms with Crippen molar-refractivity contribution >= 4 is 39.9 Å². The molecule has 0 atom stereocenters. The molecule has 0 radical (unpaired) electrons. The van der Waals surface area contributed by atoms with E-state index in [4.69, 9.17) is 4.98 Å². The number of nitrogens with zero attached hydrogens (tertiary/aromatic N) is 7. The Morgan fingerprint density at radius 2 is 1.52 bits per heavy atom. The van der Waals surface area contributed by atoms with Gasteiger partial charge < -0.3 is 24.5 Å². The van der Waals surface area contributed by atoms with Gasteiger partial charge in [-0.3, -0.25) is 9.59 Å². The van der Waals surface area contributed by atoms with E-state index >= 15 is 0 Å². The van der Waals surface area contributed by atoms with E-state index in [1.54, 1.807) is 4.90 Å². The zero-order valence-electron chi connectivity index (χ0n) is 24.3. The first kappa shape index (κ1) is 27.6. The third kappa shape index (κ3) is 5.02. The van der Waals surface area contributed by atoms with Crippen LogP contribution in [0.3, 0.4) is 0 Å². The number of pyridine rings is 1. The molecule has 2 aromatic carbocycles. The molecule has 0 bridgehead atoms. The molecule has 2 amide bonds. The highest BCUT2D eigenvalue weighted by atomic mass is 16.2. The fourth-order valence-electron chi connectivity index (χ4n) is 6.55. The lowest BCUT2D eigenvalue weighted by molar-refractivity contribution is -0.131. The Morgan fingerprint density at radius 1 is 0.857 bits per heavy atom. The Kier molecular flexibility index (Phi) is 7.70. The van der Waals surface area contributed by atoms with Crippen LogP contribution in [0.15, 0.2) is 55.1 Å². The largest absolute Gasteiger partial charge is 0.366 e. The number of aromatic nitrogens is 1. The first-order chi connectivity index (χ1) is 20.5. The van der Waals surface area contributed by atoms with Crippen LogP contribution in [0.25, 0.3) is 10.8 Å². The van der Waals surface area contributed by atoms with Gasteiger partial charge in [0.05, 0.1) is 5.56 Å². The van der Waals surface area contributed by atoms with Crippen molar-refractivity contribution in [2.24, 2.45) is 0 Å². The lowest BCUT2D eigenvalue weighted by Crippen LogP contribution is -2.50. The number of rotatable bonds is 5. The van der Waals surface area contributed by atoms with Gasteiger partial charge in [0, 0.05) is 88.5 Å². The van der Waals surface area contributed by atoms with Crippen molar-refractivity contribution in [1.82, 2.24) is 14.8 Å². The minimum atomic E-state index is -0.0699. The molecule has 3 aliphatic heterocycles. The molecular formula is C33H37N7O2. The fourth-order valence-corrected chi connectivity index (χ4v) is 6.55. The van der Waals surface area contributed by atoms with Crippen LogP contribution in [0, 0.1) is 11.3 Å². The second kappa shape index (κ2) is 11.7. The Labute approximate surface area is 247 Å². The molecule has 0 N–H and O–H groups in total. The summed E-state index contributed by atoms with van der Waals surface area (Å²) >= 11 is 0. The number of carbonyl (C=O) groups is 2. The monoisotopic (exact) mass is 563 g/mol. The number of piperazine rings is 2. The van der Waals surface area contributed by atoms with E-state index in [0.717, 1.165) is 29.9 Å². The second-order valence-electron chi connectivity index (χ2n) is 11.1. The van der Waals surface area contributed by atoms with E-state index in [2.05, 4.69) is 69.8 Å². The van der Waals surface area contributed by atoms with E-state index in [-0.39, 0.29) is 11.8 Å². The first-order valence-electron chi connectivity index (χ1n) is 14.9. The highest BCUT2D eigenvalue weighted by molar-refractivity contribution is 5.94. The minimum absolute atomic E-state index is 0.0699. The highest BCUT2D eigenvalue weighted by Crippen LogP contribution is 2.38. The first-order valence-corrected chi connectivity index (χ1v) is 14.9. The number of carbonyl (C=O) groups excluding carboxylic acids is 2. The van der Waals surface area contributed by atoms with Crippen LogP contribution in [0.5, 0.6) is 0 Å². The van der Waals surface area contributed by atoms with Crippen LogP contribution in [-0.2, 0) is 22.6 Å². The summed E-state index contributed by atoms with van der Waals surface area (Å²) in [6.45, 7) is 12.1. The van der Waals surface area contributed by atoms with Crippen LogP contribution in [-0.4, -0.2) is 85.5 Å². The van der Waals surface area contributed by atoms with Gasteiger partial charge in [0.1, 0.15) is 17.7 Å². The predicted octanol–water partition coefficient (Wildman–Crippen LogP) is 3.56. The maximum absolute atomic E-state index is 12.4. The second-order valence-corrected chi connectivity index (χ2v) is 11.1. The van der Waals surface area contributed by atoms with Gasteiger partial charge in [-0.05, 0) is 29.5 Å². The third-order valence-electron chi connectivity index (χ3n) is 8.87. The van der Waals surface area contributed by atoms with Crippen molar-refractivity contribution < 1.29 is 9.59 Å². The van der Waals surface area contributed by atoms with Gasteiger partial charge in [0.2, 0.25) is 11.8 Å². The maximum Gasteiger partial charge on any atom is 0.246 e.